The fourth-order valence-electron chi connectivity index (χ4n) is 1.23. The van der Waals surface area contributed by atoms with Crippen molar-refractivity contribution >= 4 is 23.5 Å². The molecule has 0 aliphatic carbocycles. The van der Waals surface area contributed by atoms with Crippen LogP contribution in [0.4, 0.5) is 4.79 Å². The molecule has 0 aromatic heterocycles. The van der Waals surface area contributed by atoms with Gasteiger partial charge in [-0.3, -0.25) is 14.6 Å². The molecular formula is C7H11ClN2O3. The average molecular weight is 207 g/mol. The van der Waals surface area contributed by atoms with E-state index in [1.54, 1.807) is 0 Å². The van der Waals surface area contributed by atoms with Crippen LogP contribution in [0.2, 0.25) is 0 Å². The SMILES string of the molecule is CN1C(=O)N(C)C(O)C(C)(Cl)C1=O. The molecule has 13 heavy (non-hydrogen) atoms. The summed E-state index contributed by atoms with van der Waals surface area (Å²) in [5.41, 5.74) is 0. The number of aliphatic hydroxyl groups excluding tert-OH is 1. The molecule has 3 amide bonds. The van der Waals surface area contributed by atoms with Crippen LogP contribution < -0.4 is 0 Å². The molecule has 74 valence electrons. The van der Waals surface area contributed by atoms with E-state index in [2.05, 4.69) is 0 Å². The number of carbonyl (C=O) groups is 2. The minimum Gasteiger partial charge on any atom is -0.371 e. The maximum Gasteiger partial charge on any atom is 0.328 e. The summed E-state index contributed by atoms with van der Waals surface area (Å²) >= 11 is 5.79. The van der Waals surface area contributed by atoms with Gasteiger partial charge in [0.05, 0.1) is 0 Å². The minimum absolute atomic E-state index is 0.560. The first kappa shape index (κ1) is 10.3. The van der Waals surface area contributed by atoms with Gasteiger partial charge in [0.1, 0.15) is 0 Å². The Bertz CT molecular complexity index is 266. The number of hydrogen-bond donors (Lipinski definition) is 1. The van der Waals surface area contributed by atoms with Crippen LogP contribution in [0.15, 0.2) is 0 Å². The molecule has 0 aromatic rings. The number of carbonyl (C=O) groups excluding carboxylic acids is 2. The summed E-state index contributed by atoms with van der Waals surface area (Å²) in [6.07, 6.45) is -1.29. The van der Waals surface area contributed by atoms with E-state index in [0.29, 0.717) is 0 Å². The van der Waals surface area contributed by atoms with E-state index in [4.69, 9.17) is 11.6 Å². The van der Waals surface area contributed by atoms with Gasteiger partial charge in [-0.15, -0.1) is 11.6 Å². The summed E-state index contributed by atoms with van der Waals surface area (Å²) in [7, 11) is 2.71. The van der Waals surface area contributed by atoms with Crippen molar-refractivity contribution in [3.05, 3.63) is 0 Å². The van der Waals surface area contributed by atoms with Crippen LogP contribution in [0.1, 0.15) is 6.92 Å². The molecular weight excluding hydrogens is 196 g/mol. The number of halogens is 1. The van der Waals surface area contributed by atoms with Gasteiger partial charge in [0.15, 0.2) is 11.1 Å². The van der Waals surface area contributed by atoms with E-state index in [9.17, 15) is 14.7 Å². The van der Waals surface area contributed by atoms with Gasteiger partial charge in [0.2, 0.25) is 0 Å². The van der Waals surface area contributed by atoms with E-state index in [1.807, 2.05) is 0 Å². The zero-order valence-corrected chi connectivity index (χ0v) is 8.37. The van der Waals surface area contributed by atoms with Crippen LogP contribution in [-0.2, 0) is 4.79 Å². The molecule has 6 heteroatoms. The van der Waals surface area contributed by atoms with E-state index in [0.717, 1.165) is 9.80 Å². The highest BCUT2D eigenvalue weighted by atomic mass is 35.5. The van der Waals surface area contributed by atoms with Crippen LogP contribution >= 0.6 is 11.6 Å². The number of nitrogens with zero attached hydrogens (tertiary/aromatic N) is 2. The first-order chi connectivity index (χ1) is 5.80. The highest BCUT2D eigenvalue weighted by Gasteiger charge is 2.50. The standard InChI is InChI=1S/C7H11ClN2O3/c1-7(8)4(11)9(2)6(13)10(3)5(7)12/h4,11H,1-3H3. The minimum atomic E-state index is -1.46. The quantitative estimate of drug-likeness (QED) is 0.560. The lowest BCUT2D eigenvalue weighted by molar-refractivity contribution is -0.141. The van der Waals surface area contributed by atoms with E-state index in [-0.39, 0.29) is 0 Å². The van der Waals surface area contributed by atoms with Crippen LogP contribution in [0.5, 0.6) is 0 Å². The molecule has 1 aliphatic rings. The topological polar surface area (TPSA) is 60.9 Å². The van der Waals surface area contributed by atoms with Gasteiger partial charge in [-0.1, -0.05) is 0 Å². The molecule has 2 unspecified atom stereocenters. The second-order valence-electron chi connectivity index (χ2n) is 3.21. The molecule has 1 fully saturated rings. The molecule has 1 aliphatic heterocycles. The fourth-order valence-corrected chi connectivity index (χ4v) is 1.50. The molecule has 1 heterocycles. The van der Waals surface area contributed by atoms with Gasteiger partial charge >= 0.3 is 6.03 Å². The van der Waals surface area contributed by atoms with Crippen LogP contribution in [-0.4, -0.2) is 52.0 Å². The second-order valence-corrected chi connectivity index (χ2v) is 3.99. The molecule has 5 nitrogen and oxygen atoms in total. The number of urea groups is 1. The van der Waals surface area contributed by atoms with Gasteiger partial charge in [-0.05, 0) is 6.92 Å². The third-order valence-corrected chi connectivity index (χ3v) is 2.52. The maximum absolute atomic E-state index is 11.4. The molecule has 0 aromatic carbocycles. The molecule has 0 saturated carbocycles. The van der Waals surface area contributed by atoms with Gasteiger partial charge in [-0.2, -0.15) is 0 Å². The molecule has 0 radical (unpaired) electrons. The highest BCUT2D eigenvalue weighted by Crippen LogP contribution is 2.28. The second kappa shape index (κ2) is 2.85. The average Bonchev–Trinajstić information content (AvgIpc) is 2.09. The van der Waals surface area contributed by atoms with Crippen molar-refractivity contribution in [2.24, 2.45) is 0 Å². The number of hydrogen-bond acceptors (Lipinski definition) is 3. The Morgan fingerprint density at radius 2 is 1.92 bits per heavy atom. The predicted molar refractivity (Wildman–Crippen MR) is 46.2 cm³/mol. The Hall–Kier alpha value is -0.810. The zero-order chi connectivity index (χ0) is 10.4. The normalized spacial score (nSPS) is 35.6. The Morgan fingerprint density at radius 3 is 2.38 bits per heavy atom. The van der Waals surface area contributed by atoms with Crippen molar-refractivity contribution in [3.63, 3.8) is 0 Å². The van der Waals surface area contributed by atoms with Crippen molar-refractivity contribution in [2.75, 3.05) is 14.1 Å². The summed E-state index contributed by atoms with van der Waals surface area (Å²) in [5.74, 6) is -0.593. The number of alkyl halides is 1. The highest BCUT2D eigenvalue weighted by molar-refractivity contribution is 6.36. The maximum atomic E-state index is 11.4. The van der Waals surface area contributed by atoms with E-state index in [1.165, 1.54) is 21.0 Å². The van der Waals surface area contributed by atoms with Crippen LogP contribution in [0, 0.1) is 0 Å². The van der Waals surface area contributed by atoms with Crippen molar-refractivity contribution in [1.29, 1.82) is 0 Å². The van der Waals surface area contributed by atoms with Crippen LogP contribution in [0.3, 0.4) is 0 Å². The van der Waals surface area contributed by atoms with Crippen molar-refractivity contribution in [1.82, 2.24) is 9.80 Å². The lowest BCUT2D eigenvalue weighted by Gasteiger charge is -2.41. The van der Waals surface area contributed by atoms with Crippen molar-refractivity contribution in [2.45, 2.75) is 18.0 Å². The Morgan fingerprint density at radius 1 is 1.46 bits per heavy atom. The summed E-state index contributed by atoms with van der Waals surface area (Å²) in [5, 5.41) is 9.49. The first-order valence-electron chi connectivity index (χ1n) is 3.72. The Kier molecular flexibility index (Phi) is 2.25. The first-order valence-corrected chi connectivity index (χ1v) is 4.10. The van der Waals surface area contributed by atoms with Gasteiger partial charge in [0.25, 0.3) is 5.91 Å². The summed E-state index contributed by atoms with van der Waals surface area (Å²) in [4.78, 5) is 23.1. The third-order valence-electron chi connectivity index (χ3n) is 2.16. The van der Waals surface area contributed by atoms with Crippen molar-refractivity contribution < 1.29 is 14.7 Å². The monoisotopic (exact) mass is 206 g/mol. The fraction of sp³-hybridized carbons (Fsp3) is 0.714. The Balaban J connectivity index is 3.07. The summed E-state index contributed by atoms with van der Waals surface area (Å²) < 4.78 is 0. The largest absolute Gasteiger partial charge is 0.371 e. The number of imide groups is 1. The molecule has 1 N–H and O–H groups in total. The number of rotatable bonds is 0. The summed E-state index contributed by atoms with van der Waals surface area (Å²) in [6.45, 7) is 1.38. The third kappa shape index (κ3) is 1.28. The van der Waals surface area contributed by atoms with Gasteiger partial charge in [-0.25, -0.2) is 4.79 Å². The lowest BCUT2D eigenvalue weighted by Crippen LogP contribution is -2.65. The smallest absolute Gasteiger partial charge is 0.328 e. The molecule has 0 bridgehead atoms. The predicted octanol–water partition coefficient (Wildman–Crippen LogP) is -0.174. The Labute approximate surface area is 80.9 Å². The van der Waals surface area contributed by atoms with Crippen molar-refractivity contribution in [3.8, 4) is 0 Å². The van der Waals surface area contributed by atoms with E-state index >= 15 is 0 Å². The van der Waals surface area contributed by atoms with Gasteiger partial charge < -0.3 is 5.11 Å². The lowest BCUT2D eigenvalue weighted by atomic mass is 10.1. The van der Waals surface area contributed by atoms with Gasteiger partial charge in [0, 0.05) is 14.1 Å². The number of aliphatic hydroxyl groups is 1. The molecule has 0 spiro atoms. The van der Waals surface area contributed by atoms with Crippen LogP contribution in [0.25, 0.3) is 0 Å². The molecule has 1 saturated heterocycles. The molecule has 2 atom stereocenters. The number of amides is 3. The zero-order valence-electron chi connectivity index (χ0n) is 7.61. The summed E-state index contributed by atoms with van der Waals surface area (Å²) in [6, 6.07) is -0.560. The molecule has 1 rings (SSSR count). The van der Waals surface area contributed by atoms with E-state index < -0.39 is 23.0 Å².